The maximum absolute atomic E-state index is 13.2. The summed E-state index contributed by atoms with van der Waals surface area (Å²) in [5.74, 6) is -0.429. The Bertz CT molecular complexity index is 829. The van der Waals surface area contributed by atoms with Crippen molar-refractivity contribution in [1.29, 1.82) is 0 Å². The highest BCUT2D eigenvalue weighted by Crippen LogP contribution is 2.29. The average molecular weight is 333 g/mol. The van der Waals surface area contributed by atoms with Crippen molar-refractivity contribution in [3.8, 4) is 11.3 Å². The maximum Gasteiger partial charge on any atom is 0.187 e. The lowest BCUT2D eigenvalue weighted by molar-refractivity contribution is 0.628. The quantitative estimate of drug-likeness (QED) is 0.639. The summed E-state index contributed by atoms with van der Waals surface area (Å²) in [4.78, 5) is 4.57. The first-order chi connectivity index (χ1) is 10.5. The molecule has 0 fully saturated rings. The van der Waals surface area contributed by atoms with E-state index in [1.807, 2.05) is 5.38 Å². The topological polar surface area (TPSA) is 24.9 Å². The zero-order valence-corrected chi connectivity index (χ0v) is 13.7. The van der Waals surface area contributed by atoms with Gasteiger partial charge < -0.3 is 5.32 Å². The van der Waals surface area contributed by atoms with Gasteiger partial charge in [0, 0.05) is 16.6 Å². The fourth-order valence-electron chi connectivity index (χ4n) is 2.06. The van der Waals surface area contributed by atoms with E-state index in [4.69, 9.17) is 11.6 Å². The molecule has 0 saturated carbocycles. The van der Waals surface area contributed by atoms with E-state index in [9.17, 15) is 4.39 Å². The van der Waals surface area contributed by atoms with Crippen LogP contribution in [-0.2, 0) is 0 Å². The van der Waals surface area contributed by atoms with Crippen molar-refractivity contribution in [3.05, 3.63) is 63.7 Å². The summed E-state index contributed by atoms with van der Waals surface area (Å²) >= 11 is 7.28. The molecule has 0 atom stereocenters. The van der Waals surface area contributed by atoms with Gasteiger partial charge >= 0.3 is 0 Å². The summed E-state index contributed by atoms with van der Waals surface area (Å²) in [6.07, 6.45) is 0. The van der Waals surface area contributed by atoms with Crippen molar-refractivity contribution >= 4 is 33.8 Å². The SMILES string of the molecule is Cc1ccc(-c2csc(Nc3ccc(F)c(Cl)c3)n2)cc1C. The Morgan fingerprint density at radius 1 is 1.09 bits per heavy atom. The number of thiazole rings is 1. The third-order valence-corrected chi connectivity index (χ3v) is 4.53. The fourth-order valence-corrected chi connectivity index (χ4v) is 2.98. The number of benzene rings is 2. The van der Waals surface area contributed by atoms with Crippen molar-refractivity contribution in [2.75, 3.05) is 5.32 Å². The van der Waals surface area contributed by atoms with Crippen LogP contribution in [0.4, 0.5) is 15.2 Å². The zero-order valence-electron chi connectivity index (χ0n) is 12.2. The molecule has 0 bridgehead atoms. The Hall–Kier alpha value is -1.91. The summed E-state index contributed by atoms with van der Waals surface area (Å²) in [6.45, 7) is 4.18. The molecule has 0 aliphatic carbocycles. The molecule has 22 heavy (non-hydrogen) atoms. The highest BCUT2D eigenvalue weighted by molar-refractivity contribution is 7.14. The van der Waals surface area contributed by atoms with Gasteiger partial charge in [-0.15, -0.1) is 11.3 Å². The second-order valence-corrected chi connectivity index (χ2v) is 6.36. The van der Waals surface area contributed by atoms with E-state index in [2.05, 4.69) is 42.3 Å². The number of anilines is 2. The molecule has 0 spiro atoms. The van der Waals surface area contributed by atoms with Gasteiger partial charge in [-0.1, -0.05) is 23.7 Å². The second-order valence-electron chi connectivity index (χ2n) is 5.09. The van der Waals surface area contributed by atoms with Crippen LogP contribution in [-0.4, -0.2) is 4.98 Å². The third-order valence-electron chi connectivity index (χ3n) is 3.48. The number of hydrogen-bond donors (Lipinski definition) is 1. The predicted octanol–water partition coefficient (Wildman–Crippen LogP) is 5.96. The zero-order chi connectivity index (χ0) is 15.7. The first-order valence-electron chi connectivity index (χ1n) is 6.78. The number of rotatable bonds is 3. The van der Waals surface area contributed by atoms with Crippen LogP contribution in [0.15, 0.2) is 41.8 Å². The summed E-state index contributed by atoms with van der Waals surface area (Å²) in [7, 11) is 0. The number of hydrogen-bond acceptors (Lipinski definition) is 3. The summed E-state index contributed by atoms with van der Waals surface area (Å²) < 4.78 is 13.2. The van der Waals surface area contributed by atoms with Crippen LogP contribution in [0.3, 0.4) is 0 Å². The van der Waals surface area contributed by atoms with Crippen LogP contribution >= 0.6 is 22.9 Å². The molecule has 0 radical (unpaired) electrons. The molecule has 0 aliphatic heterocycles. The Kier molecular flexibility index (Phi) is 4.14. The van der Waals surface area contributed by atoms with Crippen LogP contribution in [0.5, 0.6) is 0 Å². The second kappa shape index (κ2) is 6.07. The minimum atomic E-state index is -0.429. The lowest BCUT2D eigenvalue weighted by Gasteiger charge is -2.04. The van der Waals surface area contributed by atoms with Gasteiger partial charge in [0.15, 0.2) is 5.13 Å². The lowest BCUT2D eigenvalue weighted by atomic mass is 10.1. The van der Waals surface area contributed by atoms with Gasteiger partial charge in [0.2, 0.25) is 0 Å². The molecule has 3 rings (SSSR count). The minimum Gasteiger partial charge on any atom is -0.331 e. The molecule has 0 amide bonds. The molecule has 2 nitrogen and oxygen atoms in total. The van der Waals surface area contributed by atoms with E-state index in [0.29, 0.717) is 5.69 Å². The van der Waals surface area contributed by atoms with Crippen molar-refractivity contribution in [2.45, 2.75) is 13.8 Å². The number of aryl methyl sites for hydroxylation is 2. The van der Waals surface area contributed by atoms with Crippen LogP contribution < -0.4 is 5.32 Å². The minimum absolute atomic E-state index is 0.0935. The molecule has 5 heteroatoms. The lowest BCUT2D eigenvalue weighted by Crippen LogP contribution is -1.90. The molecule has 1 heterocycles. The summed E-state index contributed by atoms with van der Waals surface area (Å²) in [6, 6.07) is 10.8. The molecule has 0 saturated heterocycles. The van der Waals surface area contributed by atoms with Crippen molar-refractivity contribution in [1.82, 2.24) is 4.98 Å². The molecular weight excluding hydrogens is 319 g/mol. The van der Waals surface area contributed by atoms with Gasteiger partial charge in [-0.05, 0) is 49.2 Å². The molecular formula is C17H14ClFN2S. The largest absolute Gasteiger partial charge is 0.331 e. The fraction of sp³-hybridized carbons (Fsp3) is 0.118. The molecule has 0 aliphatic rings. The van der Waals surface area contributed by atoms with Crippen LogP contribution in [0.1, 0.15) is 11.1 Å². The first kappa shape index (κ1) is 15.0. The van der Waals surface area contributed by atoms with Crippen LogP contribution in [0.2, 0.25) is 5.02 Å². The van der Waals surface area contributed by atoms with Crippen LogP contribution in [0, 0.1) is 19.7 Å². The van der Waals surface area contributed by atoms with Gasteiger partial charge in [-0.2, -0.15) is 0 Å². The van der Waals surface area contributed by atoms with Gasteiger partial charge in [0.05, 0.1) is 10.7 Å². The molecule has 0 unspecified atom stereocenters. The number of aromatic nitrogens is 1. The monoisotopic (exact) mass is 332 g/mol. The Morgan fingerprint density at radius 3 is 2.64 bits per heavy atom. The average Bonchev–Trinajstić information content (AvgIpc) is 2.94. The predicted molar refractivity (Wildman–Crippen MR) is 91.7 cm³/mol. The molecule has 112 valence electrons. The van der Waals surface area contributed by atoms with Gasteiger partial charge in [0.1, 0.15) is 5.82 Å². The van der Waals surface area contributed by atoms with Gasteiger partial charge in [-0.25, -0.2) is 9.37 Å². The number of nitrogens with zero attached hydrogens (tertiary/aromatic N) is 1. The number of nitrogens with one attached hydrogen (secondary N) is 1. The van der Waals surface area contributed by atoms with Crippen molar-refractivity contribution < 1.29 is 4.39 Å². The van der Waals surface area contributed by atoms with E-state index in [0.717, 1.165) is 16.4 Å². The maximum atomic E-state index is 13.2. The van der Waals surface area contributed by atoms with Gasteiger partial charge in [0.25, 0.3) is 0 Å². The van der Waals surface area contributed by atoms with Crippen molar-refractivity contribution in [3.63, 3.8) is 0 Å². The molecule has 1 N–H and O–H groups in total. The summed E-state index contributed by atoms with van der Waals surface area (Å²) in [5.41, 5.74) is 5.23. The van der Waals surface area contributed by atoms with Gasteiger partial charge in [-0.3, -0.25) is 0 Å². The normalized spacial score (nSPS) is 10.7. The summed E-state index contributed by atoms with van der Waals surface area (Å²) in [5, 5.41) is 5.98. The van der Waals surface area contributed by atoms with Crippen molar-refractivity contribution in [2.24, 2.45) is 0 Å². The molecule has 2 aromatic carbocycles. The standard InChI is InChI=1S/C17H14ClFN2S/c1-10-3-4-12(7-11(10)2)16-9-22-17(21-16)20-13-5-6-15(19)14(18)8-13/h3-9H,1-2H3,(H,20,21). The highest BCUT2D eigenvalue weighted by Gasteiger charge is 2.07. The molecule has 3 aromatic rings. The smallest absolute Gasteiger partial charge is 0.187 e. The first-order valence-corrected chi connectivity index (χ1v) is 8.04. The van der Waals surface area contributed by atoms with E-state index in [-0.39, 0.29) is 5.02 Å². The number of halogens is 2. The molecule has 1 aromatic heterocycles. The van der Waals surface area contributed by atoms with Crippen LogP contribution in [0.25, 0.3) is 11.3 Å². The third kappa shape index (κ3) is 3.13. The van der Waals surface area contributed by atoms with E-state index in [1.165, 1.54) is 28.5 Å². The van der Waals surface area contributed by atoms with E-state index in [1.54, 1.807) is 12.1 Å². The van der Waals surface area contributed by atoms with E-state index >= 15 is 0 Å². The highest BCUT2D eigenvalue weighted by atomic mass is 35.5. The Labute approximate surface area is 137 Å². The van der Waals surface area contributed by atoms with E-state index < -0.39 is 5.82 Å². The Balaban J connectivity index is 1.84. The Morgan fingerprint density at radius 2 is 1.91 bits per heavy atom.